The third-order valence-corrected chi connectivity index (χ3v) is 3.77. The van der Waals surface area contributed by atoms with E-state index in [2.05, 4.69) is 21.9 Å². The van der Waals surface area contributed by atoms with Crippen LogP contribution in [-0.4, -0.2) is 38.3 Å². The van der Waals surface area contributed by atoms with Gasteiger partial charge in [-0.2, -0.15) is 0 Å². The zero-order chi connectivity index (χ0) is 19.2. The molecule has 0 saturated heterocycles. The summed E-state index contributed by atoms with van der Waals surface area (Å²) in [5.41, 5.74) is 12.1. The summed E-state index contributed by atoms with van der Waals surface area (Å²) in [5, 5.41) is 2.75. The van der Waals surface area contributed by atoms with Crippen molar-refractivity contribution in [1.82, 2.24) is 0 Å². The largest absolute Gasteiger partial charge is 0.496 e. The van der Waals surface area contributed by atoms with Crippen LogP contribution in [0.4, 0.5) is 5.69 Å². The van der Waals surface area contributed by atoms with Crippen molar-refractivity contribution in [3.63, 3.8) is 0 Å². The van der Waals surface area contributed by atoms with Crippen molar-refractivity contribution in [2.45, 2.75) is 12.5 Å². The quantitative estimate of drug-likeness (QED) is 0.402. The lowest BCUT2D eigenvalue weighted by Gasteiger charge is -2.30. The molecule has 1 heterocycles. The number of carbonyl (C=O) groups excluding carboxylic acids is 1. The standard InChI is InChI=1S/C18H23N5O3/c1-12(25-3)9-21-15(8-19)17(24)22-14-6-4-5-13(7-14)18(2)11-26-10-16(20)23-18/h4-9H,1,10-11,19H2,2-3H3,(H2,20,23)(H,22,24)/b15-8-,21-9?. The Morgan fingerprint density at radius 1 is 1.54 bits per heavy atom. The van der Waals surface area contributed by atoms with E-state index in [0.29, 0.717) is 30.5 Å². The van der Waals surface area contributed by atoms with Gasteiger partial charge >= 0.3 is 0 Å². The van der Waals surface area contributed by atoms with Crippen LogP contribution in [-0.2, 0) is 19.8 Å². The van der Waals surface area contributed by atoms with Crippen LogP contribution in [0.5, 0.6) is 0 Å². The molecule has 8 heteroatoms. The first-order valence-corrected chi connectivity index (χ1v) is 7.90. The number of ether oxygens (including phenoxy) is 2. The van der Waals surface area contributed by atoms with Crippen molar-refractivity contribution >= 4 is 23.6 Å². The van der Waals surface area contributed by atoms with E-state index in [0.717, 1.165) is 11.8 Å². The van der Waals surface area contributed by atoms with Gasteiger partial charge in [0.1, 0.15) is 29.4 Å². The van der Waals surface area contributed by atoms with Gasteiger partial charge < -0.3 is 26.3 Å². The molecule has 0 aliphatic carbocycles. The van der Waals surface area contributed by atoms with Gasteiger partial charge in [-0.05, 0) is 24.6 Å². The third-order valence-electron chi connectivity index (χ3n) is 3.77. The van der Waals surface area contributed by atoms with Gasteiger partial charge in [0.05, 0.1) is 19.9 Å². The maximum Gasteiger partial charge on any atom is 0.275 e. The fourth-order valence-corrected chi connectivity index (χ4v) is 2.38. The van der Waals surface area contributed by atoms with Crippen LogP contribution in [0.2, 0.25) is 0 Å². The molecule has 1 aromatic rings. The average molecular weight is 357 g/mol. The molecule has 1 atom stereocenters. The number of hydrogen-bond donors (Lipinski definition) is 3. The minimum absolute atomic E-state index is 0.0306. The smallest absolute Gasteiger partial charge is 0.275 e. The van der Waals surface area contributed by atoms with Crippen molar-refractivity contribution in [2.24, 2.45) is 21.5 Å². The molecule has 8 nitrogen and oxygen atoms in total. The molecule has 26 heavy (non-hydrogen) atoms. The first-order chi connectivity index (χ1) is 12.4. The van der Waals surface area contributed by atoms with Crippen molar-refractivity contribution < 1.29 is 14.3 Å². The maximum atomic E-state index is 12.3. The number of methoxy groups -OCH3 is 1. The van der Waals surface area contributed by atoms with Gasteiger partial charge in [0.15, 0.2) is 0 Å². The fourth-order valence-electron chi connectivity index (χ4n) is 2.38. The minimum atomic E-state index is -0.607. The number of nitrogens with one attached hydrogen (secondary N) is 1. The molecule has 1 aliphatic heterocycles. The lowest BCUT2D eigenvalue weighted by atomic mass is 9.92. The van der Waals surface area contributed by atoms with Gasteiger partial charge in [-0.1, -0.05) is 18.7 Å². The van der Waals surface area contributed by atoms with E-state index in [1.807, 2.05) is 25.1 Å². The first-order valence-electron chi connectivity index (χ1n) is 7.90. The molecule has 1 unspecified atom stereocenters. The van der Waals surface area contributed by atoms with Gasteiger partial charge in [-0.3, -0.25) is 9.79 Å². The third kappa shape index (κ3) is 4.70. The van der Waals surface area contributed by atoms with Crippen molar-refractivity contribution in [2.75, 3.05) is 25.6 Å². The summed E-state index contributed by atoms with van der Waals surface area (Å²) < 4.78 is 10.4. The Kier molecular flexibility index (Phi) is 6.13. The molecule has 2 rings (SSSR count). The lowest BCUT2D eigenvalue weighted by Crippen LogP contribution is -2.37. The van der Waals surface area contributed by atoms with Crippen LogP contribution in [0.3, 0.4) is 0 Å². The normalized spacial score (nSPS) is 20.5. The second kappa shape index (κ2) is 8.30. The van der Waals surface area contributed by atoms with Crippen LogP contribution in [0.15, 0.2) is 58.5 Å². The van der Waals surface area contributed by atoms with Gasteiger partial charge in [0, 0.05) is 11.9 Å². The SMILES string of the molecule is C=C(C=N/C(=C\N)C(=O)Nc1cccc(C2(C)COCC(N)=N2)c1)OC. The van der Waals surface area contributed by atoms with Crippen LogP contribution >= 0.6 is 0 Å². The number of rotatable bonds is 6. The number of amidine groups is 1. The number of aliphatic imine (C=N–C) groups is 2. The molecule has 138 valence electrons. The van der Waals surface area contributed by atoms with E-state index in [-0.39, 0.29) is 5.70 Å². The van der Waals surface area contributed by atoms with E-state index >= 15 is 0 Å². The number of anilines is 1. The molecule has 0 radical (unpaired) electrons. The Morgan fingerprint density at radius 2 is 2.31 bits per heavy atom. The van der Waals surface area contributed by atoms with Crippen LogP contribution in [0.1, 0.15) is 12.5 Å². The van der Waals surface area contributed by atoms with Crippen molar-refractivity contribution in [3.05, 3.63) is 54.1 Å². The monoisotopic (exact) mass is 357 g/mol. The molecular weight excluding hydrogens is 334 g/mol. The zero-order valence-corrected chi connectivity index (χ0v) is 14.9. The summed E-state index contributed by atoms with van der Waals surface area (Å²) in [5.74, 6) is 0.284. The molecule has 0 saturated carbocycles. The Hall–Kier alpha value is -3.13. The Balaban J connectivity index is 2.18. The van der Waals surface area contributed by atoms with E-state index in [4.69, 9.17) is 20.9 Å². The number of amides is 1. The fraction of sp³-hybridized carbons (Fsp3) is 0.278. The molecule has 0 spiro atoms. The highest BCUT2D eigenvalue weighted by Crippen LogP contribution is 2.30. The highest BCUT2D eigenvalue weighted by molar-refractivity contribution is 6.04. The Morgan fingerprint density at radius 3 is 2.96 bits per heavy atom. The number of nitrogens with zero attached hydrogens (tertiary/aromatic N) is 2. The maximum absolute atomic E-state index is 12.3. The van der Waals surface area contributed by atoms with Crippen LogP contribution in [0.25, 0.3) is 0 Å². The highest BCUT2D eigenvalue weighted by Gasteiger charge is 2.30. The molecule has 1 aliphatic rings. The summed E-state index contributed by atoms with van der Waals surface area (Å²) in [4.78, 5) is 20.8. The molecule has 0 fully saturated rings. The summed E-state index contributed by atoms with van der Waals surface area (Å²) in [6.07, 6.45) is 2.42. The zero-order valence-electron chi connectivity index (χ0n) is 14.9. The summed E-state index contributed by atoms with van der Waals surface area (Å²) >= 11 is 0. The minimum Gasteiger partial charge on any atom is -0.496 e. The lowest BCUT2D eigenvalue weighted by molar-refractivity contribution is -0.112. The van der Waals surface area contributed by atoms with E-state index in [9.17, 15) is 4.79 Å². The average Bonchev–Trinajstić information content (AvgIpc) is 2.62. The molecular formula is C18H23N5O3. The van der Waals surface area contributed by atoms with Gasteiger partial charge in [0.25, 0.3) is 5.91 Å². The number of benzene rings is 1. The van der Waals surface area contributed by atoms with Gasteiger partial charge in [0.2, 0.25) is 0 Å². The summed E-state index contributed by atoms with van der Waals surface area (Å²) in [6.45, 7) is 6.24. The summed E-state index contributed by atoms with van der Waals surface area (Å²) in [7, 11) is 1.45. The van der Waals surface area contributed by atoms with Crippen molar-refractivity contribution in [1.29, 1.82) is 0 Å². The molecule has 0 bridgehead atoms. The molecule has 1 amide bonds. The Bertz CT molecular complexity index is 785. The number of carbonyl (C=O) groups is 1. The predicted molar refractivity (Wildman–Crippen MR) is 102 cm³/mol. The topological polar surface area (TPSA) is 124 Å². The molecule has 0 aromatic heterocycles. The molecule has 5 N–H and O–H groups in total. The second-order valence-electron chi connectivity index (χ2n) is 5.89. The van der Waals surface area contributed by atoms with Gasteiger partial charge in [-0.25, -0.2) is 4.99 Å². The van der Waals surface area contributed by atoms with E-state index < -0.39 is 11.4 Å². The number of allylic oxidation sites excluding steroid dienone is 1. The number of hydrogen-bond acceptors (Lipinski definition) is 7. The van der Waals surface area contributed by atoms with Crippen LogP contribution in [0, 0.1) is 0 Å². The highest BCUT2D eigenvalue weighted by atomic mass is 16.5. The van der Waals surface area contributed by atoms with E-state index in [1.54, 1.807) is 6.07 Å². The molecule has 1 aromatic carbocycles. The van der Waals surface area contributed by atoms with Crippen LogP contribution < -0.4 is 16.8 Å². The first kappa shape index (κ1) is 19.2. The number of nitrogens with two attached hydrogens (primary N) is 2. The summed E-state index contributed by atoms with van der Waals surface area (Å²) in [6, 6.07) is 7.29. The van der Waals surface area contributed by atoms with Crippen molar-refractivity contribution in [3.8, 4) is 0 Å². The second-order valence-corrected chi connectivity index (χ2v) is 5.89. The predicted octanol–water partition coefficient (Wildman–Crippen LogP) is 1.26. The van der Waals surface area contributed by atoms with Gasteiger partial charge in [-0.15, -0.1) is 0 Å². The Labute approximate surface area is 152 Å². The van der Waals surface area contributed by atoms with E-state index in [1.165, 1.54) is 13.3 Å².